The van der Waals surface area contributed by atoms with Crippen molar-refractivity contribution in [3.63, 3.8) is 0 Å². The zero-order chi connectivity index (χ0) is 11.4. The summed E-state index contributed by atoms with van der Waals surface area (Å²) in [6, 6.07) is 8.06. The average molecular weight is 221 g/mol. The first kappa shape index (κ1) is 11.4. The van der Waals surface area contributed by atoms with Crippen molar-refractivity contribution in [1.29, 1.82) is 0 Å². The lowest BCUT2D eigenvalue weighted by Crippen LogP contribution is -2.40. The Kier molecular flexibility index (Phi) is 3.80. The number of para-hydroxylation sites is 1. The van der Waals surface area contributed by atoms with Crippen molar-refractivity contribution in [2.45, 2.75) is 25.6 Å². The minimum atomic E-state index is 0.106. The fourth-order valence-corrected chi connectivity index (χ4v) is 2.06. The van der Waals surface area contributed by atoms with Gasteiger partial charge < -0.3 is 14.8 Å². The summed E-state index contributed by atoms with van der Waals surface area (Å²) >= 11 is 0. The quantitative estimate of drug-likeness (QED) is 0.848. The third-order valence-corrected chi connectivity index (χ3v) is 3.00. The van der Waals surface area contributed by atoms with Crippen LogP contribution in [0.3, 0.4) is 0 Å². The monoisotopic (exact) mass is 221 g/mol. The zero-order valence-electron chi connectivity index (χ0n) is 9.90. The molecule has 0 saturated carbocycles. The molecule has 88 valence electrons. The highest BCUT2D eigenvalue weighted by molar-refractivity contribution is 5.35. The van der Waals surface area contributed by atoms with Crippen LogP contribution in [0.15, 0.2) is 24.3 Å². The van der Waals surface area contributed by atoms with Gasteiger partial charge in [0.25, 0.3) is 0 Å². The lowest BCUT2D eigenvalue weighted by atomic mass is 10.1. The Morgan fingerprint density at radius 1 is 1.38 bits per heavy atom. The van der Waals surface area contributed by atoms with E-state index in [4.69, 9.17) is 9.47 Å². The van der Waals surface area contributed by atoms with Gasteiger partial charge in [0.1, 0.15) is 5.75 Å². The second kappa shape index (κ2) is 5.32. The second-order valence-electron chi connectivity index (χ2n) is 4.06. The Hall–Kier alpha value is -1.06. The summed E-state index contributed by atoms with van der Waals surface area (Å²) in [5.41, 5.74) is 1.13. The number of hydrogen-bond donors (Lipinski definition) is 1. The predicted molar refractivity (Wildman–Crippen MR) is 63.8 cm³/mol. The largest absolute Gasteiger partial charge is 0.496 e. The molecule has 0 aliphatic carbocycles. The first-order chi connectivity index (χ1) is 7.85. The summed E-state index contributed by atoms with van der Waals surface area (Å²) in [7, 11) is 1.70. The SMILES string of the molecule is CCC1CNCC(c2ccccc2OC)O1. The molecule has 0 aromatic heterocycles. The highest BCUT2D eigenvalue weighted by Crippen LogP contribution is 2.29. The lowest BCUT2D eigenvalue weighted by molar-refractivity contribution is -0.0408. The fourth-order valence-electron chi connectivity index (χ4n) is 2.06. The number of methoxy groups -OCH3 is 1. The van der Waals surface area contributed by atoms with Crippen LogP contribution in [-0.2, 0) is 4.74 Å². The molecular weight excluding hydrogens is 202 g/mol. The van der Waals surface area contributed by atoms with Gasteiger partial charge in [0.15, 0.2) is 0 Å². The minimum absolute atomic E-state index is 0.106. The maximum absolute atomic E-state index is 6.02. The number of morpholine rings is 1. The maximum atomic E-state index is 6.02. The summed E-state index contributed by atoms with van der Waals surface area (Å²) in [5.74, 6) is 0.908. The van der Waals surface area contributed by atoms with Crippen LogP contribution in [-0.4, -0.2) is 26.3 Å². The van der Waals surface area contributed by atoms with E-state index in [9.17, 15) is 0 Å². The number of nitrogens with one attached hydrogen (secondary N) is 1. The molecule has 1 saturated heterocycles. The molecule has 1 aliphatic rings. The first-order valence-electron chi connectivity index (χ1n) is 5.84. The van der Waals surface area contributed by atoms with Crippen molar-refractivity contribution in [2.24, 2.45) is 0 Å². The van der Waals surface area contributed by atoms with Crippen LogP contribution in [0.4, 0.5) is 0 Å². The van der Waals surface area contributed by atoms with Crippen LogP contribution in [0.2, 0.25) is 0 Å². The maximum Gasteiger partial charge on any atom is 0.124 e. The summed E-state index contributed by atoms with van der Waals surface area (Å²) in [6.07, 6.45) is 1.46. The Morgan fingerprint density at radius 3 is 2.94 bits per heavy atom. The van der Waals surface area contributed by atoms with E-state index in [1.165, 1.54) is 0 Å². The van der Waals surface area contributed by atoms with Gasteiger partial charge in [-0.2, -0.15) is 0 Å². The zero-order valence-corrected chi connectivity index (χ0v) is 9.90. The van der Waals surface area contributed by atoms with Crippen molar-refractivity contribution in [3.8, 4) is 5.75 Å². The molecule has 3 nitrogen and oxygen atoms in total. The van der Waals surface area contributed by atoms with Gasteiger partial charge in [0, 0.05) is 18.7 Å². The highest BCUT2D eigenvalue weighted by atomic mass is 16.5. The molecule has 1 N–H and O–H groups in total. The van der Waals surface area contributed by atoms with Gasteiger partial charge in [-0.25, -0.2) is 0 Å². The molecule has 1 heterocycles. The molecule has 2 rings (SSSR count). The molecule has 0 spiro atoms. The second-order valence-corrected chi connectivity index (χ2v) is 4.06. The van der Waals surface area contributed by atoms with E-state index in [0.717, 1.165) is 30.8 Å². The van der Waals surface area contributed by atoms with Crippen LogP contribution < -0.4 is 10.1 Å². The Labute approximate surface area is 96.8 Å². The van der Waals surface area contributed by atoms with E-state index < -0.39 is 0 Å². The molecule has 1 fully saturated rings. The summed E-state index contributed by atoms with van der Waals surface area (Å²) in [4.78, 5) is 0. The summed E-state index contributed by atoms with van der Waals surface area (Å²) in [6.45, 7) is 3.95. The molecule has 0 radical (unpaired) electrons. The van der Waals surface area contributed by atoms with E-state index >= 15 is 0 Å². The molecule has 1 aromatic rings. The third-order valence-electron chi connectivity index (χ3n) is 3.00. The number of hydrogen-bond acceptors (Lipinski definition) is 3. The molecule has 2 unspecified atom stereocenters. The third kappa shape index (κ3) is 2.36. The number of rotatable bonds is 3. The van der Waals surface area contributed by atoms with Gasteiger partial charge >= 0.3 is 0 Å². The van der Waals surface area contributed by atoms with E-state index in [1.807, 2.05) is 18.2 Å². The standard InChI is InChI=1S/C13H19NO2/c1-3-10-8-14-9-13(16-10)11-6-4-5-7-12(11)15-2/h4-7,10,13-14H,3,8-9H2,1-2H3. The fraction of sp³-hybridized carbons (Fsp3) is 0.538. The smallest absolute Gasteiger partial charge is 0.124 e. The van der Waals surface area contributed by atoms with Crippen LogP contribution >= 0.6 is 0 Å². The van der Waals surface area contributed by atoms with E-state index in [0.29, 0.717) is 6.10 Å². The van der Waals surface area contributed by atoms with E-state index in [1.54, 1.807) is 7.11 Å². The molecular formula is C13H19NO2. The molecule has 3 heteroatoms. The summed E-state index contributed by atoms with van der Waals surface area (Å²) < 4.78 is 11.4. The van der Waals surface area contributed by atoms with Crippen LogP contribution in [0.1, 0.15) is 25.0 Å². The summed E-state index contributed by atoms with van der Waals surface area (Å²) in [5, 5.41) is 3.41. The first-order valence-corrected chi connectivity index (χ1v) is 5.84. The Balaban J connectivity index is 2.16. The lowest BCUT2D eigenvalue weighted by Gasteiger charge is -2.31. The van der Waals surface area contributed by atoms with Crippen molar-refractivity contribution >= 4 is 0 Å². The predicted octanol–water partition coefficient (Wildman–Crippen LogP) is 2.13. The highest BCUT2D eigenvalue weighted by Gasteiger charge is 2.24. The molecule has 0 bridgehead atoms. The number of ether oxygens (including phenoxy) is 2. The molecule has 1 aromatic carbocycles. The normalized spacial score (nSPS) is 25.4. The molecule has 1 aliphatic heterocycles. The van der Waals surface area contributed by atoms with Crippen molar-refractivity contribution in [3.05, 3.63) is 29.8 Å². The number of benzene rings is 1. The molecule has 2 atom stereocenters. The Morgan fingerprint density at radius 2 is 2.19 bits per heavy atom. The molecule has 0 amide bonds. The van der Waals surface area contributed by atoms with Gasteiger partial charge in [-0.15, -0.1) is 0 Å². The topological polar surface area (TPSA) is 30.5 Å². The molecule has 16 heavy (non-hydrogen) atoms. The van der Waals surface area contributed by atoms with Gasteiger partial charge in [-0.3, -0.25) is 0 Å². The van der Waals surface area contributed by atoms with Crippen LogP contribution in [0.25, 0.3) is 0 Å². The average Bonchev–Trinajstić information content (AvgIpc) is 2.38. The van der Waals surface area contributed by atoms with Gasteiger partial charge in [-0.05, 0) is 12.5 Å². The van der Waals surface area contributed by atoms with E-state index in [2.05, 4.69) is 18.3 Å². The minimum Gasteiger partial charge on any atom is -0.496 e. The van der Waals surface area contributed by atoms with Crippen molar-refractivity contribution < 1.29 is 9.47 Å². The van der Waals surface area contributed by atoms with Gasteiger partial charge in [0.05, 0.1) is 19.3 Å². The van der Waals surface area contributed by atoms with Crippen molar-refractivity contribution in [2.75, 3.05) is 20.2 Å². The van der Waals surface area contributed by atoms with E-state index in [-0.39, 0.29) is 6.10 Å². The van der Waals surface area contributed by atoms with Crippen LogP contribution in [0, 0.1) is 0 Å². The van der Waals surface area contributed by atoms with Crippen molar-refractivity contribution in [1.82, 2.24) is 5.32 Å². The van der Waals surface area contributed by atoms with Crippen LogP contribution in [0.5, 0.6) is 5.75 Å². The Bertz CT molecular complexity index is 340. The van der Waals surface area contributed by atoms with Gasteiger partial charge in [0.2, 0.25) is 0 Å². The van der Waals surface area contributed by atoms with Gasteiger partial charge in [-0.1, -0.05) is 25.1 Å².